The summed E-state index contributed by atoms with van der Waals surface area (Å²) in [6.07, 6.45) is 2.26. The van der Waals surface area contributed by atoms with Crippen molar-refractivity contribution in [1.29, 1.82) is 0 Å². The Morgan fingerprint density at radius 1 is 1.40 bits per heavy atom. The lowest BCUT2D eigenvalue weighted by molar-refractivity contribution is -0.140. The number of allylic oxidation sites excluding steroid dienone is 1. The SMILES string of the molecule is C=CCn1c(C)c(C(N)=O)c(-c2cccc(O)c2)c1CCC(=O)OC. The molecule has 25 heavy (non-hydrogen) atoms. The van der Waals surface area contributed by atoms with Gasteiger partial charge in [0.1, 0.15) is 5.75 Å². The molecular formula is C19H22N2O4. The van der Waals surface area contributed by atoms with Gasteiger partial charge in [0.15, 0.2) is 0 Å². The predicted molar refractivity (Wildman–Crippen MR) is 95.3 cm³/mol. The molecule has 1 amide bonds. The zero-order valence-electron chi connectivity index (χ0n) is 14.4. The minimum atomic E-state index is -0.557. The van der Waals surface area contributed by atoms with Gasteiger partial charge >= 0.3 is 5.97 Å². The second-order valence-electron chi connectivity index (χ2n) is 5.67. The smallest absolute Gasteiger partial charge is 0.305 e. The molecule has 1 aromatic heterocycles. The van der Waals surface area contributed by atoms with E-state index in [4.69, 9.17) is 10.5 Å². The molecule has 0 aliphatic heterocycles. The van der Waals surface area contributed by atoms with Crippen molar-refractivity contribution < 1.29 is 19.4 Å². The Balaban J connectivity index is 2.71. The second kappa shape index (κ2) is 7.70. The summed E-state index contributed by atoms with van der Waals surface area (Å²) in [5.74, 6) is -0.814. The Morgan fingerprint density at radius 2 is 2.12 bits per heavy atom. The van der Waals surface area contributed by atoms with Crippen LogP contribution in [0.5, 0.6) is 5.75 Å². The van der Waals surface area contributed by atoms with E-state index in [0.717, 1.165) is 5.69 Å². The molecule has 2 aromatic rings. The van der Waals surface area contributed by atoms with Crippen molar-refractivity contribution in [2.45, 2.75) is 26.3 Å². The van der Waals surface area contributed by atoms with Crippen molar-refractivity contribution in [1.82, 2.24) is 4.57 Å². The van der Waals surface area contributed by atoms with Crippen molar-refractivity contribution in [2.24, 2.45) is 5.73 Å². The van der Waals surface area contributed by atoms with Gasteiger partial charge < -0.3 is 20.1 Å². The average molecular weight is 342 g/mol. The summed E-state index contributed by atoms with van der Waals surface area (Å²) >= 11 is 0. The van der Waals surface area contributed by atoms with Gasteiger partial charge in [0, 0.05) is 23.5 Å². The molecule has 2 rings (SSSR count). The Bertz CT molecular complexity index is 821. The number of aromatic hydroxyl groups is 1. The van der Waals surface area contributed by atoms with Crippen molar-refractivity contribution in [3.63, 3.8) is 0 Å². The molecule has 1 aromatic carbocycles. The highest BCUT2D eigenvalue weighted by molar-refractivity contribution is 6.02. The normalized spacial score (nSPS) is 10.5. The molecule has 3 N–H and O–H groups in total. The number of phenols is 1. The Hall–Kier alpha value is -3.02. The van der Waals surface area contributed by atoms with Crippen LogP contribution in [0.25, 0.3) is 11.1 Å². The van der Waals surface area contributed by atoms with Gasteiger partial charge in [0.25, 0.3) is 5.91 Å². The second-order valence-corrected chi connectivity index (χ2v) is 5.67. The molecule has 0 atom stereocenters. The van der Waals surface area contributed by atoms with E-state index in [-0.39, 0.29) is 18.1 Å². The quantitative estimate of drug-likeness (QED) is 0.597. The number of hydrogen-bond acceptors (Lipinski definition) is 4. The Kier molecular flexibility index (Phi) is 5.64. The number of hydrogen-bond donors (Lipinski definition) is 2. The highest BCUT2D eigenvalue weighted by Gasteiger charge is 2.25. The number of carbonyl (C=O) groups excluding carboxylic acids is 2. The van der Waals surface area contributed by atoms with E-state index in [9.17, 15) is 14.7 Å². The molecule has 0 unspecified atom stereocenters. The van der Waals surface area contributed by atoms with Crippen LogP contribution in [0.4, 0.5) is 0 Å². The number of amides is 1. The monoisotopic (exact) mass is 342 g/mol. The van der Waals surface area contributed by atoms with Crippen molar-refractivity contribution in [2.75, 3.05) is 7.11 Å². The van der Waals surface area contributed by atoms with Crippen LogP contribution in [0.1, 0.15) is 28.2 Å². The van der Waals surface area contributed by atoms with Gasteiger partial charge in [-0.3, -0.25) is 9.59 Å². The number of nitrogens with zero attached hydrogens (tertiary/aromatic N) is 1. The summed E-state index contributed by atoms with van der Waals surface area (Å²) in [7, 11) is 1.33. The van der Waals surface area contributed by atoms with Crippen LogP contribution in [0.15, 0.2) is 36.9 Å². The predicted octanol–water partition coefficient (Wildman–Crippen LogP) is 2.56. The van der Waals surface area contributed by atoms with E-state index in [1.165, 1.54) is 7.11 Å². The molecule has 0 radical (unpaired) electrons. The first-order valence-corrected chi connectivity index (χ1v) is 7.89. The minimum Gasteiger partial charge on any atom is -0.508 e. The van der Waals surface area contributed by atoms with Crippen LogP contribution in [-0.2, 0) is 22.5 Å². The standard InChI is InChI=1S/C19H22N2O4/c1-4-10-21-12(2)17(19(20)24)18(13-6-5-7-14(22)11-13)15(21)8-9-16(23)25-3/h4-7,11,22H,1,8-10H2,2-3H3,(H2,20,24). The number of nitrogens with two attached hydrogens (primary N) is 1. The van der Waals surface area contributed by atoms with Gasteiger partial charge in [-0.15, -0.1) is 6.58 Å². The maximum absolute atomic E-state index is 12.1. The number of ether oxygens (including phenoxy) is 1. The fourth-order valence-electron chi connectivity index (χ4n) is 3.03. The maximum atomic E-state index is 12.1. The van der Waals surface area contributed by atoms with Crippen LogP contribution < -0.4 is 5.73 Å². The van der Waals surface area contributed by atoms with E-state index in [1.807, 2.05) is 4.57 Å². The van der Waals surface area contributed by atoms with E-state index >= 15 is 0 Å². The van der Waals surface area contributed by atoms with Crippen LogP contribution in [-0.4, -0.2) is 28.7 Å². The molecular weight excluding hydrogens is 320 g/mol. The van der Waals surface area contributed by atoms with Gasteiger partial charge in [0.2, 0.25) is 0 Å². The lowest BCUT2D eigenvalue weighted by Gasteiger charge is -2.11. The fourth-order valence-corrected chi connectivity index (χ4v) is 3.03. The third-order valence-corrected chi connectivity index (χ3v) is 4.12. The number of aromatic nitrogens is 1. The number of primary amides is 1. The molecule has 0 fully saturated rings. The number of rotatable bonds is 7. The lowest BCUT2D eigenvalue weighted by atomic mass is 9.97. The van der Waals surface area contributed by atoms with E-state index < -0.39 is 5.91 Å². The molecule has 6 heteroatoms. The van der Waals surface area contributed by atoms with Gasteiger partial charge in [-0.25, -0.2) is 0 Å². The summed E-state index contributed by atoms with van der Waals surface area (Å²) < 4.78 is 6.63. The number of phenolic OH excluding ortho intramolecular Hbond substituents is 1. The van der Waals surface area contributed by atoms with Gasteiger partial charge in [-0.1, -0.05) is 18.2 Å². The number of methoxy groups -OCH3 is 1. The fraction of sp³-hybridized carbons (Fsp3) is 0.263. The first kappa shape index (κ1) is 18.3. The molecule has 0 aliphatic carbocycles. The minimum absolute atomic E-state index is 0.0842. The molecule has 0 spiro atoms. The van der Waals surface area contributed by atoms with Crippen molar-refractivity contribution >= 4 is 11.9 Å². The van der Waals surface area contributed by atoms with E-state index in [0.29, 0.717) is 35.3 Å². The largest absolute Gasteiger partial charge is 0.508 e. The maximum Gasteiger partial charge on any atom is 0.305 e. The Morgan fingerprint density at radius 3 is 2.68 bits per heavy atom. The summed E-state index contributed by atoms with van der Waals surface area (Å²) in [4.78, 5) is 23.7. The summed E-state index contributed by atoms with van der Waals surface area (Å²) in [5.41, 5.74) is 8.78. The van der Waals surface area contributed by atoms with Crippen LogP contribution in [0.2, 0.25) is 0 Å². The zero-order chi connectivity index (χ0) is 18.6. The van der Waals surface area contributed by atoms with Crippen LogP contribution in [0.3, 0.4) is 0 Å². The number of esters is 1. The summed E-state index contributed by atoms with van der Waals surface area (Å²) in [5, 5.41) is 9.82. The molecule has 0 bridgehead atoms. The van der Waals surface area contributed by atoms with Gasteiger partial charge in [-0.05, 0) is 31.0 Å². The van der Waals surface area contributed by atoms with E-state index in [1.54, 1.807) is 37.3 Å². The van der Waals surface area contributed by atoms with Crippen molar-refractivity contribution in [3.8, 4) is 16.9 Å². The first-order valence-electron chi connectivity index (χ1n) is 7.89. The molecule has 1 heterocycles. The van der Waals surface area contributed by atoms with Gasteiger partial charge in [0.05, 0.1) is 19.1 Å². The van der Waals surface area contributed by atoms with E-state index in [2.05, 4.69) is 6.58 Å². The van der Waals surface area contributed by atoms with Gasteiger partial charge in [-0.2, -0.15) is 0 Å². The number of benzene rings is 1. The molecule has 6 nitrogen and oxygen atoms in total. The lowest BCUT2D eigenvalue weighted by Crippen LogP contribution is -2.13. The highest BCUT2D eigenvalue weighted by Crippen LogP contribution is 2.35. The highest BCUT2D eigenvalue weighted by atomic mass is 16.5. The van der Waals surface area contributed by atoms with Crippen molar-refractivity contribution in [3.05, 3.63) is 53.9 Å². The number of carbonyl (C=O) groups is 2. The first-order chi connectivity index (χ1) is 11.9. The zero-order valence-corrected chi connectivity index (χ0v) is 14.4. The third-order valence-electron chi connectivity index (χ3n) is 4.12. The topological polar surface area (TPSA) is 94.5 Å². The third kappa shape index (κ3) is 3.74. The molecule has 0 aliphatic rings. The summed E-state index contributed by atoms with van der Waals surface area (Å²) in [6, 6.07) is 6.61. The van der Waals surface area contributed by atoms with Crippen LogP contribution >= 0.6 is 0 Å². The Labute approximate surface area is 146 Å². The van der Waals surface area contributed by atoms with Crippen LogP contribution in [0, 0.1) is 6.92 Å². The molecule has 132 valence electrons. The molecule has 0 saturated heterocycles. The molecule has 0 saturated carbocycles. The summed E-state index contributed by atoms with van der Waals surface area (Å²) in [6.45, 7) is 6.03. The average Bonchev–Trinajstić information content (AvgIpc) is 2.85.